The molecule has 20 heavy (non-hydrogen) atoms. The number of nitrogen functional groups attached to an aromatic ring is 1. The number of benzene rings is 2. The van der Waals surface area contributed by atoms with Gasteiger partial charge in [-0.3, -0.25) is 4.79 Å². The van der Waals surface area contributed by atoms with Crippen LogP contribution in [0.25, 0.3) is 0 Å². The first-order valence-electron chi connectivity index (χ1n) is 5.74. The molecular formula is C14H13FN2O3. The second kappa shape index (κ2) is 5.48. The number of amides is 1. The zero-order valence-corrected chi connectivity index (χ0v) is 10.7. The van der Waals surface area contributed by atoms with Crippen LogP contribution in [0, 0.1) is 5.82 Å². The van der Waals surface area contributed by atoms with E-state index >= 15 is 0 Å². The number of nitrogens with two attached hydrogens (primary N) is 1. The molecule has 0 aliphatic carbocycles. The van der Waals surface area contributed by atoms with Gasteiger partial charge in [-0.1, -0.05) is 0 Å². The van der Waals surface area contributed by atoms with Gasteiger partial charge in [0, 0.05) is 0 Å². The van der Waals surface area contributed by atoms with Crippen molar-refractivity contribution in [1.82, 2.24) is 0 Å². The van der Waals surface area contributed by atoms with Crippen LogP contribution in [0.5, 0.6) is 11.5 Å². The van der Waals surface area contributed by atoms with Gasteiger partial charge in [0.2, 0.25) is 0 Å². The number of nitrogens with one attached hydrogen (secondary N) is 1. The molecule has 0 atom stereocenters. The van der Waals surface area contributed by atoms with Crippen molar-refractivity contribution >= 4 is 17.3 Å². The van der Waals surface area contributed by atoms with Gasteiger partial charge in [0.15, 0.2) is 0 Å². The third-order valence-electron chi connectivity index (χ3n) is 2.71. The van der Waals surface area contributed by atoms with Crippen molar-refractivity contribution in [3.63, 3.8) is 0 Å². The molecule has 0 saturated heterocycles. The molecule has 0 bridgehead atoms. The van der Waals surface area contributed by atoms with Gasteiger partial charge in [-0.05, 0) is 36.4 Å². The van der Waals surface area contributed by atoms with Crippen molar-refractivity contribution in [2.24, 2.45) is 0 Å². The second-order valence-corrected chi connectivity index (χ2v) is 4.07. The Kier molecular flexibility index (Phi) is 3.74. The van der Waals surface area contributed by atoms with Crippen molar-refractivity contribution in [2.45, 2.75) is 0 Å². The molecule has 104 valence electrons. The predicted octanol–water partition coefficient (Wildman–Crippen LogP) is 2.37. The molecule has 2 aromatic rings. The highest BCUT2D eigenvalue weighted by Crippen LogP contribution is 2.25. The molecule has 2 rings (SSSR count). The largest absolute Gasteiger partial charge is 0.507 e. The summed E-state index contributed by atoms with van der Waals surface area (Å²) in [6.07, 6.45) is 0. The number of carbonyl (C=O) groups is 1. The minimum Gasteiger partial charge on any atom is -0.507 e. The molecule has 0 radical (unpaired) electrons. The molecule has 2 aromatic carbocycles. The van der Waals surface area contributed by atoms with E-state index in [1.807, 2.05) is 0 Å². The molecule has 0 saturated carbocycles. The maximum Gasteiger partial charge on any atom is 0.259 e. The van der Waals surface area contributed by atoms with Crippen LogP contribution in [0.2, 0.25) is 0 Å². The predicted molar refractivity (Wildman–Crippen MR) is 73.4 cm³/mol. The van der Waals surface area contributed by atoms with Crippen LogP contribution in [0.3, 0.4) is 0 Å². The number of anilines is 2. The van der Waals surface area contributed by atoms with Gasteiger partial charge in [-0.25, -0.2) is 4.39 Å². The SMILES string of the molecule is COc1ccc(O)c(C(=O)Nc2ccc(F)cc2N)c1. The molecule has 4 N–H and O–H groups in total. The summed E-state index contributed by atoms with van der Waals surface area (Å²) in [5, 5.41) is 12.2. The molecule has 0 heterocycles. The van der Waals surface area contributed by atoms with Crippen LogP contribution in [0.1, 0.15) is 10.4 Å². The number of rotatable bonds is 3. The zero-order valence-electron chi connectivity index (χ0n) is 10.7. The third-order valence-corrected chi connectivity index (χ3v) is 2.71. The Morgan fingerprint density at radius 2 is 2.05 bits per heavy atom. The number of methoxy groups -OCH3 is 1. The van der Waals surface area contributed by atoms with E-state index in [4.69, 9.17) is 10.5 Å². The molecule has 0 fully saturated rings. The smallest absolute Gasteiger partial charge is 0.259 e. The number of hydrogen-bond donors (Lipinski definition) is 3. The lowest BCUT2D eigenvalue weighted by atomic mass is 10.1. The van der Waals surface area contributed by atoms with Gasteiger partial charge in [-0.2, -0.15) is 0 Å². The normalized spacial score (nSPS) is 10.1. The Balaban J connectivity index is 2.28. The van der Waals surface area contributed by atoms with E-state index in [9.17, 15) is 14.3 Å². The van der Waals surface area contributed by atoms with Gasteiger partial charge < -0.3 is 20.9 Å². The molecule has 1 amide bonds. The van der Waals surface area contributed by atoms with Crippen LogP contribution in [0.15, 0.2) is 36.4 Å². The van der Waals surface area contributed by atoms with Crippen LogP contribution >= 0.6 is 0 Å². The summed E-state index contributed by atoms with van der Waals surface area (Å²) in [6, 6.07) is 7.89. The number of halogens is 1. The first-order chi connectivity index (χ1) is 9.51. The lowest BCUT2D eigenvalue weighted by molar-refractivity contribution is 0.102. The van der Waals surface area contributed by atoms with Crippen LogP contribution in [0.4, 0.5) is 15.8 Å². The van der Waals surface area contributed by atoms with Crippen molar-refractivity contribution in [2.75, 3.05) is 18.2 Å². The molecule has 6 heteroatoms. The standard InChI is InChI=1S/C14H13FN2O3/c1-20-9-3-5-13(18)10(7-9)14(19)17-12-4-2-8(15)6-11(12)16/h2-7,18H,16H2,1H3,(H,17,19). The lowest BCUT2D eigenvalue weighted by Gasteiger charge is -2.10. The van der Waals surface area contributed by atoms with Gasteiger partial charge in [0.25, 0.3) is 5.91 Å². The fourth-order valence-corrected chi connectivity index (χ4v) is 1.66. The zero-order chi connectivity index (χ0) is 14.7. The molecule has 0 unspecified atom stereocenters. The molecular weight excluding hydrogens is 263 g/mol. The summed E-state index contributed by atoms with van der Waals surface area (Å²) in [7, 11) is 1.45. The van der Waals surface area contributed by atoms with Crippen LogP contribution in [-0.4, -0.2) is 18.1 Å². The van der Waals surface area contributed by atoms with Gasteiger partial charge in [-0.15, -0.1) is 0 Å². The van der Waals surface area contributed by atoms with Crippen molar-refractivity contribution in [3.05, 3.63) is 47.8 Å². The Morgan fingerprint density at radius 3 is 2.70 bits per heavy atom. The number of ether oxygens (including phenoxy) is 1. The van der Waals surface area contributed by atoms with Crippen molar-refractivity contribution in [3.8, 4) is 11.5 Å². The first kappa shape index (κ1) is 13.7. The summed E-state index contributed by atoms with van der Waals surface area (Å²) >= 11 is 0. The highest BCUT2D eigenvalue weighted by atomic mass is 19.1. The minimum absolute atomic E-state index is 0.0353. The fourth-order valence-electron chi connectivity index (χ4n) is 1.66. The van der Waals surface area contributed by atoms with E-state index in [0.29, 0.717) is 5.75 Å². The van der Waals surface area contributed by atoms with E-state index in [0.717, 1.165) is 6.07 Å². The van der Waals surface area contributed by atoms with Crippen molar-refractivity contribution < 1.29 is 19.0 Å². The second-order valence-electron chi connectivity index (χ2n) is 4.07. The number of phenolic OH excluding ortho intramolecular Hbond substituents is 1. The van der Waals surface area contributed by atoms with Crippen LogP contribution < -0.4 is 15.8 Å². The van der Waals surface area contributed by atoms with Crippen molar-refractivity contribution in [1.29, 1.82) is 0 Å². The number of aromatic hydroxyl groups is 1. The average Bonchev–Trinajstić information content (AvgIpc) is 2.42. The highest BCUT2D eigenvalue weighted by molar-refractivity contribution is 6.07. The van der Waals surface area contributed by atoms with E-state index < -0.39 is 11.7 Å². The summed E-state index contributed by atoms with van der Waals surface area (Å²) in [4.78, 5) is 12.1. The van der Waals surface area contributed by atoms with E-state index in [-0.39, 0.29) is 22.7 Å². The van der Waals surface area contributed by atoms with E-state index in [1.54, 1.807) is 0 Å². The highest BCUT2D eigenvalue weighted by Gasteiger charge is 2.14. The Hall–Kier alpha value is -2.76. The average molecular weight is 276 g/mol. The van der Waals surface area contributed by atoms with E-state index in [2.05, 4.69) is 5.32 Å². The first-order valence-corrected chi connectivity index (χ1v) is 5.74. The summed E-state index contributed by atoms with van der Waals surface area (Å²) in [5.41, 5.74) is 6.00. The summed E-state index contributed by atoms with van der Waals surface area (Å²) in [6.45, 7) is 0. The number of carbonyl (C=O) groups excluding carboxylic acids is 1. The lowest BCUT2D eigenvalue weighted by Crippen LogP contribution is -2.13. The quantitative estimate of drug-likeness (QED) is 0.751. The minimum atomic E-state index is -0.570. The molecule has 0 aliphatic rings. The molecule has 0 spiro atoms. The van der Waals surface area contributed by atoms with Gasteiger partial charge >= 0.3 is 0 Å². The summed E-state index contributed by atoms with van der Waals surface area (Å²) in [5.74, 6) is -0.826. The maximum atomic E-state index is 12.9. The maximum absolute atomic E-state index is 12.9. The summed E-state index contributed by atoms with van der Waals surface area (Å²) < 4.78 is 17.9. The molecule has 0 aliphatic heterocycles. The Labute approximate surface area is 114 Å². The topological polar surface area (TPSA) is 84.6 Å². The third kappa shape index (κ3) is 2.80. The molecule has 5 nitrogen and oxygen atoms in total. The number of hydrogen-bond acceptors (Lipinski definition) is 4. The molecule has 0 aromatic heterocycles. The van der Waals surface area contributed by atoms with E-state index in [1.165, 1.54) is 37.4 Å². The van der Waals surface area contributed by atoms with Crippen LogP contribution in [-0.2, 0) is 0 Å². The fraction of sp³-hybridized carbons (Fsp3) is 0.0714. The monoisotopic (exact) mass is 276 g/mol. The number of phenols is 1. The Morgan fingerprint density at radius 1 is 1.30 bits per heavy atom. The van der Waals surface area contributed by atoms with Gasteiger partial charge in [0.05, 0.1) is 24.0 Å². The Bertz CT molecular complexity index is 659. The van der Waals surface area contributed by atoms with Gasteiger partial charge in [0.1, 0.15) is 17.3 Å².